The number of rotatable bonds is 3. The van der Waals surface area contributed by atoms with E-state index in [9.17, 15) is 9.59 Å². The van der Waals surface area contributed by atoms with E-state index in [-0.39, 0.29) is 5.91 Å². The predicted molar refractivity (Wildman–Crippen MR) is 88.1 cm³/mol. The minimum absolute atomic E-state index is 0.0389. The molecule has 0 unspecified atom stereocenters. The molecule has 2 heterocycles. The molecule has 3 rings (SSSR count). The standard InChI is InChI=1S/C16H23N3O2S/c1-11(20)19(18-9-5-2-6-10-18)16-14(15(17)21)12-7-3-4-8-13(12)22-16/h2-10H2,1H3,(H2,17,21). The summed E-state index contributed by atoms with van der Waals surface area (Å²) in [4.78, 5) is 25.5. The molecule has 1 aromatic heterocycles. The number of anilines is 1. The molecule has 0 bridgehead atoms. The third kappa shape index (κ3) is 2.77. The summed E-state index contributed by atoms with van der Waals surface area (Å²) in [7, 11) is 0. The fraction of sp³-hybridized carbons (Fsp3) is 0.625. The van der Waals surface area contributed by atoms with Gasteiger partial charge in [0, 0.05) is 24.9 Å². The lowest BCUT2D eigenvalue weighted by atomic mass is 9.95. The normalized spacial score (nSPS) is 18.8. The van der Waals surface area contributed by atoms with Crippen LogP contribution in [0, 0.1) is 0 Å². The SMILES string of the molecule is CC(=O)N(c1sc2c(c1C(N)=O)CCCC2)N1CCCCC1. The number of hydrogen-bond acceptors (Lipinski definition) is 4. The van der Waals surface area contributed by atoms with E-state index < -0.39 is 5.91 Å². The van der Waals surface area contributed by atoms with Gasteiger partial charge in [-0.1, -0.05) is 6.42 Å². The number of hydrogen-bond donors (Lipinski definition) is 1. The maximum atomic E-state index is 12.3. The Bertz CT molecular complexity index is 590. The molecular formula is C16H23N3O2S. The molecule has 6 heteroatoms. The third-order valence-corrected chi connectivity index (χ3v) is 5.77. The summed E-state index contributed by atoms with van der Waals surface area (Å²) in [6, 6.07) is 0. The number of carbonyl (C=O) groups is 2. The molecule has 120 valence electrons. The summed E-state index contributed by atoms with van der Waals surface area (Å²) in [5.74, 6) is -0.444. The molecular weight excluding hydrogens is 298 g/mol. The molecule has 0 saturated carbocycles. The largest absolute Gasteiger partial charge is 0.365 e. The van der Waals surface area contributed by atoms with Gasteiger partial charge in [0.15, 0.2) is 0 Å². The van der Waals surface area contributed by atoms with Crippen LogP contribution >= 0.6 is 11.3 Å². The molecule has 0 atom stereocenters. The highest BCUT2D eigenvalue weighted by Crippen LogP contribution is 2.41. The zero-order valence-corrected chi connectivity index (χ0v) is 13.9. The Morgan fingerprint density at radius 2 is 1.77 bits per heavy atom. The number of aryl methyl sites for hydroxylation is 1. The van der Waals surface area contributed by atoms with E-state index in [0.29, 0.717) is 5.56 Å². The quantitative estimate of drug-likeness (QED) is 0.930. The van der Waals surface area contributed by atoms with Crippen LogP contribution in [0.1, 0.15) is 59.8 Å². The number of nitrogens with zero attached hydrogens (tertiary/aromatic N) is 2. The fourth-order valence-corrected chi connectivity index (χ4v) is 4.97. The van der Waals surface area contributed by atoms with E-state index in [1.807, 2.05) is 0 Å². The van der Waals surface area contributed by atoms with Crippen LogP contribution in [0.3, 0.4) is 0 Å². The molecule has 0 spiro atoms. The van der Waals surface area contributed by atoms with Gasteiger partial charge in [-0.2, -0.15) is 0 Å². The second kappa shape index (κ2) is 6.38. The van der Waals surface area contributed by atoms with E-state index in [0.717, 1.165) is 62.2 Å². The van der Waals surface area contributed by atoms with Gasteiger partial charge in [-0.15, -0.1) is 11.3 Å². The first-order chi connectivity index (χ1) is 10.6. The van der Waals surface area contributed by atoms with Crippen molar-refractivity contribution in [3.05, 3.63) is 16.0 Å². The number of amides is 2. The fourth-order valence-electron chi connectivity index (χ4n) is 3.50. The Hall–Kier alpha value is -1.40. The molecule has 1 fully saturated rings. The predicted octanol–water partition coefficient (Wildman–Crippen LogP) is 2.48. The second-order valence-corrected chi connectivity index (χ2v) is 7.18. The van der Waals surface area contributed by atoms with Crippen molar-refractivity contribution in [2.75, 3.05) is 18.1 Å². The highest BCUT2D eigenvalue weighted by atomic mass is 32.1. The minimum atomic E-state index is -0.405. The van der Waals surface area contributed by atoms with Crippen molar-refractivity contribution in [3.63, 3.8) is 0 Å². The molecule has 1 aliphatic heterocycles. The topological polar surface area (TPSA) is 66.6 Å². The van der Waals surface area contributed by atoms with Crippen LogP contribution in [0.25, 0.3) is 0 Å². The second-order valence-electron chi connectivity index (χ2n) is 6.10. The van der Waals surface area contributed by atoms with Crippen molar-refractivity contribution in [2.24, 2.45) is 5.73 Å². The molecule has 2 N–H and O–H groups in total. The molecule has 22 heavy (non-hydrogen) atoms. The highest BCUT2D eigenvalue weighted by molar-refractivity contribution is 7.17. The number of nitrogens with two attached hydrogens (primary N) is 1. The van der Waals surface area contributed by atoms with Crippen LogP contribution in [0.4, 0.5) is 5.00 Å². The Balaban J connectivity index is 2.05. The highest BCUT2D eigenvalue weighted by Gasteiger charge is 2.31. The van der Waals surface area contributed by atoms with Crippen molar-refractivity contribution in [1.82, 2.24) is 5.01 Å². The van der Waals surface area contributed by atoms with E-state index in [1.165, 1.54) is 11.3 Å². The lowest BCUT2D eigenvalue weighted by molar-refractivity contribution is -0.119. The average Bonchev–Trinajstić information content (AvgIpc) is 2.87. The summed E-state index contributed by atoms with van der Waals surface area (Å²) in [5, 5.41) is 4.53. The van der Waals surface area contributed by atoms with Crippen molar-refractivity contribution in [3.8, 4) is 0 Å². The van der Waals surface area contributed by atoms with Gasteiger partial charge in [0.2, 0.25) is 5.91 Å². The number of fused-ring (bicyclic) bond motifs is 1. The minimum Gasteiger partial charge on any atom is -0.365 e. The number of thiophene rings is 1. The first-order valence-corrected chi connectivity index (χ1v) is 8.91. The van der Waals surface area contributed by atoms with Gasteiger partial charge in [-0.05, 0) is 44.1 Å². The van der Waals surface area contributed by atoms with Crippen LogP contribution in [-0.4, -0.2) is 29.9 Å². The van der Waals surface area contributed by atoms with Gasteiger partial charge in [0.1, 0.15) is 5.00 Å². The zero-order chi connectivity index (χ0) is 15.7. The lowest BCUT2D eigenvalue weighted by Crippen LogP contribution is -2.48. The summed E-state index contributed by atoms with van der Waals surface area (Å²) < 4.78 is 0. The molecule has 5 nitrogen and oxygen atoms in total. The van der Waals surface area contributed by atoms with E-state index in [2.05, 4.69) is 5.01 Å². The number of carbonyl (C=O) groups excluding carboxylic acids is 2. The molecule has 1 saturated heterocycles. The van der Waals surface area contributed by atoms with E-state index in [1.54, 1.807) is 23.3 Å². The monoisotopic (exact) mass is 321 g/mol. The molecule has 1 aromatic rings. The summed E-state index contributed by atoms with van der Waals surface area (Å²) in [6.45, 7) is 3.29. The van der Waals surface area contributed by atoms with Gasteiger partial charge in [0.05, 0.1) is 5.56 Å². The van der Waals surface area contributed by atoms with Crippen LogP contribution in [0.5, 0.6) is 0 Å². The van der Waals surface area contributed by atoms with E-state index >= 15 is 0 Å². The van der Waals surface area contributed by atoms with Crippen molar-refractivity contribution >= 4 is 28.2 Å². The molecule has 0 radical (unpaired) electrons. The number of piperidine rings is 1. The van der Waals surface area contributed by atoms with Gasteiger partial charge in [-0.25, -0.2) is 10.0 Å². The Morgan fingerprint density at radius 1 is 1.09 bits per heavy atom. The van der Waals surface area contributed by atoms with E-state index in [4.69, 9.17) is 5.73 Å². The summed E-state index contributed by atoms with van der Waals surface area (Å²) in [5.41, 5.74) is 7.33. The van der Waals surface area contributed by atoms with Gasteiger partial charge < -0.3 is 5.73 Å². The maximum Gasteiger partial charge on any atom is 0.252 e. The average molecular weight is 321 g/mol. The van der Waals surface area contributed by atoms with Crippen molar-refractivity contribution in [2.45, 2.75) is 51.9 Å². The summed E-state index contributed by atoms with van der Waals surface area (Å²) >= 11 is 1.58. The molecule has 0 aromatic carbocycles. The Kier molecular flexibility index (Phi) is 4.49. The first kappa shape index (κ1) is 15.5. The molecule has 2 amide bonds. The third-order valence-electron chi connectivity index (χ3n) is 4.51. The lowest BCUT2D eigenvalue weighted by Gasteiger charge is -2.36. The summed E-state index contributed by atoms with van der Waals surface area (Å²) in [6.07, 6.45) is 7.50. The smallest absolute Gasteiger partial charge is 0.252 e. The maximum absolute atomic E-state index is 12.3. The molecule has 1 aliphatic carbocycles. The molecule has 2 aliphatic rings. The van der Waals surface area contributed by atoms with Crippen LogP contribution < -0.4 is 10.7 Å². The first-order valence-electron chi connectivity index (χ1n) is 8.09. The van der Waals surface area contributed by atoms with Crippen LogP contribution in [-0.2, 0) is 17.6 Å². The van der Waals surface area contributed by atoms with Gasteiger partial charge in [0.25, 0.3) is 5.91 Å². The van der Waals surface area contributed by atoms with Crippen LogP contribution in [0.2, 0.25) is 0 Å². The number of hydrazine groups is 1. The Labute approximate surface area is 135 Å². The zero-order valence-electron chi connectivity index (χ0n) is 13.1. The number of primary amides is 1. The van der Waals surface area contributed by atoms with Crippen molar-refractivity contribution < 1.29 is 9.59 Å². The van der Waals surface area contributed by atoms with Crippen LogP contribution in [0.15, 0.2) is 0 Å². The Morgan fingerprint density at radius 3 is 2.41 bits per heavy atom. The van der Waals surface area contributed by atoms with Crippen molar-refractivity contribution in [1.29, 1.82) is 0 Å². The van der Waals surface area contributed by atoms with Gasteiger partial charge >= 0.3 is 0 Å². The van der Waals surface area contributed by atoms with Gasteiger partial charge in [-0.3, -0.25) is 9.59 Å².